The molecule has 0 saturated carbocycles. The number of carbonyl (C=O) groups excluding carboxylic acids is 2. The van der Waals surface area contributed by atoms with Crippen LogP contribution in [0.5, 0.6) is 0 Å². The molecule has 1 unspecified atom stereocenters. The third-order valence-electron chi connectivity index (χ3n) is 5.39. The summed E-state index contributed by atoms with van der Waals surface area (Å²) < 4.78 is 5.37. The first-order valence-corrected chi connectivity index (χ1v) is 10.6. The number of likely N-dealkylation sites (tertiary alicyclic amines) is 1. The van der Waals surface area contributed by atoms with Gasteiger partial charge in [-0.15, -0.1) is 0 Å². The molecule has 1 fully saturated rings. The van der Waals surface area contributed by atoms with Crippen molar-refractivity contribution in [2.45, 2.75) is 51.7 Å². The number of carbonyl (C=O) groups is 3. The molecule has 3 rings (SSSR count). The zero-order valence-corrected chi connectivity index (χ0v) is 18.3. The van der Waals surface area contributed by atoms with E-state index in [0.29, 0.717) is 25.9 Å². The minimum atomic E-state index is -1.06. The molecule has 0 bridgehead atoms. The fraction of sp³-hybridized carbons (Fsp3) is 0.458. The zero-order valence-electron chi connectivity index (χ0n) is 18.3. The van der Waals surface area contributed by atoms with Gasteiger partial charge in [-0.05, 0) is 49.9 Å². The summed E-state index contributed by atoms with van der Waals surface area (Å²) in [4.78, 5) is 38.3. The maximum absolute atomic E-state index is 12.7. The Morgan fingerprint density at radius 1 is 1.10 bits per heavy atom. The van der Waals surface area contributed by atoms with Crippen molar-refractivity contribution < 1.29 is 24.2 Å². The van der Waals surface area contributed by atoms with Gasteiger partial charge in [0, 0.05) is 25.4 Å². The van der Waals surface area contributed by atoms with Gasteiger partial charge < -0.3 is 20.1 Å². The van der Waals surface area contributed by atoms with E-state index in [2.05, 4.69) is 5.32 Å². The van der Waals surface area contributed by atoms with Crippen molar-refractivity contribution in [2.24, 2.45) is 5.92 Å². The van der Waals surface area contributed by atoms with Crippen LogP contribution < -0.4 is 5.32 Å². The number of piperidine rings is 1. The lowest BCUT2D eigenvalue weighted by Crippen LogP contribution is -2.48. The Morgan fingerprint density at radius 3 is 2.35 bits per heavy atom. The minimum Gasteiger partial charge on any atom is -0.480 e. The van der Waals surface area contributed by atoms with Crippen LogP contribution in [0.1, 0.15) is 39.2 Å². The molecule has 31 heavy (non-hydrogen) atoms. The molecular weight excluding hydrogens is 396 g/mol. The zero-order chi connectivity index (χ0) is 22.6. The highest BCUT2D eigenvalue weighted by molar-refractivity contribution is 5.86. The molecule has 1 atom stereocenters. The SMILES string of the molecule is CC(C)(C)OC(=O)N1CCC(C(=O)NC(Cc2ccc3ccccc3c2)C(=O)O)CC1. The van der Waals surface area contributed by atoms with Gasteiger partial charge in [0.05, 0.1) is 0 Å². The van der Waals surface area contributed by atoms with Crippen molar-refractivity contribution in [1.82, 2.24) is 10.2 Å². The molecule has 166 valence electrons. The van der Waals surface area contributed by atoms with E-state index in [1.54, 1.807) is 4.90 Å². The molecule has 2 N–H and O–H groups in total. The van der Waals surface area contributed by atoms with E-state index in [9.17, 15) is 19.5 Å². The molecule has 1 aliphatic heterocycles. The van der Waals surface area contributed by atoms with Crippen molar-refractivity contribution in [3.63, 3.8) is 0 Å². The van der Waals surface area contributed by atoms with Crippen molar-refractivity contribution in [3.8, 4) is 0 Å². The fourth-order valence-electron chi connectivity index (χ4n) is 3.74. The number of nitrogens with zero attached hydrogens (tertiary/aromatic N) is 1. The van der Waals surface area contributed by atoms with E-state index in [0.717, 1.165) is 16.3 Å². The Morgan fingerprint density at radius 2 is 1.74 bits per heavy atom. The van der Waals surface area contributed by atoms with E-state index in [-0.39, 0.29) is 24.3 Å². The molecular formula is C24H30N2O5. The van der Waals surface area contributed by atoms with E-state index in [1.807, 2.05) is 63.2 Å². The lowest BCUT2D eigenvalue weighted by Gasteiger charge is -2.33. The number of benzene rings is 2. The molecule has 7 nitrogen and oxygen atoms in total. The first-order chi connectivity index (χ1) is 14.6. The lowest BCUT2D eigenvalue weighted by molar-refractivity contribution is -0.142. The fourth-order valence-corrected chi connectivity index (χ4v) is 3.74. The van der Waals surface area contributed by atoms with Crippen LogP contribution in [0.4, 0.5) is 4.79 Å². The highest BCUT2D eigenvalue weighted by atomic mass is 16.6. The summed E-state index contributed by atoms with van der Waals surface area (Å²) >= 11 is 0. The van der Waals surface area contributed by atoms with Crippen LogP contribution in [0.3, 0.4) is 0 Å². The quantitative estimate of drug-likeness (QED) is 0.762. The smallest absolute Gasteiger partial charge is 0.410 e. The number of amides is 2. The summed E-state index contributed by atoms with van der Waals surface area (Å²) in [7, 11) is 0. The Hall–Kier alpha value is -3.09. The largest absolute Gasteiger partial charge is 0.480 e. The summed E-state index contributed by atoms with van der Waals surface area (Å²) in [5.41, 5.74) is 0.286. The molecule has 2 amide bonds. The van der Waals surface area contributed by atoms with Crippen LogP contribution in [0.15, 0.2) is 42.5 Å². The number of hydrogen-bond acceptors (Lipinski definition) is 4. The third-order valence-corrected chi connectivity index (χ3v) is 5.39. The summed E-state index contributed by atoms with van der Waals surface area (Å²) in [6.45, 7) is 6.26. The van der Waals surface area contributed by atoms with E-state index in [1.165, 1.54) is 0 Å². The van der Waals surface area contributed by atoms with E-state index < -0.39 is 17.6 Å². The molecule has 7 heteroatoms. The van der Waals surface area contributed by atoms with Crippen molar-refractivity contribution in [3.05, 3.63) is 48.0 Å². The van der Waals surface area contributed by atoms with Gasteiger partial charge in [0.1, 0.15) is 11.6 Å². The van der Waals surface area contributed by atoms with Gasteiger partial charge in [-0.2, -0.15) is 0 Å². The first kappa shape index (κ1) is 22.6. The maximum atomic E-state index is 12.7. The monoisotopic (exact) mass is 426 g/mol. The Bertz CT molecular complexity index is 958. The van der Waals surface area contributed by atoms with Gasteiger partial charge in [0.15, 0.2) is 0 Å². The number of aliphatic carboxylic acids is 1. The molecule has 0 aliphatic carbocycles. The number of ether oxygens (including phenoxy) is 1. The number of nitrogens with one attached hydrogen (secondary N) is 1. The Balaban J connectivity index is 1.57. The minimum absolute atomic E-state index is 0.211. The van der Waals surface area contributed by atoms with Gasteiger partial charge in [0.2, 0.25) is 5.91 Å². The van der Waals surface area contributed by atoms with Gasteiger partial charge in [-0.3, -0.25) is 4.79 Å². The van der Waals surface area contributed by atoms with Crippen molar-refractivity contribution in [2.75, 3.05) is 13.1 Å². The second-order valence-corrected chi connectivity index (χ2v) is 9.03. The van der Waals surface area contributed by atoms with Crippen LogP contribution in [-0.4, -0.2) is 52.7 Å². The standard InChI is InChI=1S/C24H30N2O5/c1-24(2,3)31-23(30)26-12-10-18(11-13-26)21(27)25-20(22(28)29)15-16-8-9-17-6-4-5-7-19(17)14-16/h4-9,14,18,20H,10-13,15H2,1-3H3,(H,25,27)(H,28,29). The first-order valence-electron chi connectivity index (χ1n) is 10.6. The molecule has 1 heterocycles. The Kier molecular flexibility index (Phi) is 6.83. The number of rotatable bonds is 5. The lowest BCUT2D eigenvalue weighted by atomic mass is 9.95. The topological polar surface area (TPSA) is 95.9 Å². The predicted molar refractivity (Wildman–Crippen MR) is 118 cm³/mol. The number of carboxylic acids is 1. The van der Waals surface area contributed by atoms with Crippen molar-refractivity contribution in [1.29, 1.82) is 0 Å². The molecule has 0 aromatic heterocycles. The average Bonchev–Trinajstić information content (AvgIpc) is 2.72. The second-order valence-electron chi connectivity index (χ2n) is 9.03. The normalized spacial score (nSPS) is 16.0. The Labute approximate surface area is 182 Å². The van der Waals surface area contributed by atoms with E-state index >= 15 is 0 Å². The molecule has 1 saturated heterocycles. The average molecular weight is 427 g/mol. The van der Waals surface area contributed by atoms with Gasteiger partial charge in [-0.25, -0.2) is 9.59 Å². The maximum Gasteiger partial charge on any atom is 0.410 e. The highest BCUT2D eigenvalue weighted by Crippen LogP contribution is 2.21. The predicted octanol–water partition coefficient (Wildman–Crippen LogP) is 3.60. The molecule has 2 aromatic carbocycles. The third kappa shape index (κ3) is 6.20. The van der Waals surface area contributed by atoms with E-state index in [4.69, 9.17) is 4.74 Å². The summed E-state index contributed by atoms with van der Waals surface area (Å²) in [5, 5.41) is 14.4. The molecule has 2 aromatic rings. The van der Waals surface area contributed by atoms with Crippen LogP contribution in [0, 0.1) is 5.92 Å². The van der Waals surface area contributed by atoms with Crippen LogP contribution in [0.25, 0.3) is 10.8 Å². The summed E-state index contributed by atoms with van der Waals surface area (Å²) in [6.07, 6.45) is 0.787. The second kappa shape index (κ2) is 9.37. The summed E-state index contributed by atoms with van der Waals surface area (Å²) in [6, 6.07) is 12.7. The molecule has 0 spiro atoms. The number of fused-ring (bicyclic) bond motifs is 1. The highest BCUT2D eigenvalue weighted by Gasteiger charge is 2.31. The molecule has 1 aliphatic rings. The van der Waals surface area contributed by atoms with Crippen LogP contribution >= 0.6 is 0 Å². The van der Waals surface area contributed by atoms with Crippen LogP contribution in [-0.2, 0) is 20.7 Å². The van der Waals surface area contributed by atoms with Gasteiger partial charge >= 0.3 is 12.1 Å². The van der Waals surface area contributed by atoms with Gasteiger partial charge in [-0.1, -0.05) is 42.5 Å². The molecule has 0 radical (unpaired) electrons. The van der Waals surface area contributed by atoms with Crippen molar-refractivity contribution >= 4 is 28.7 Å². The summed E-state index contributed by atoms with van der Waals surface area (Å²) in [5.74, 6) is -1.66. The van der Waals surface area contributed by atoms with Gasteiger partial charge in [0.25, 0.3) is 0 Å². The number of carboxylic acid groups (broad SMARTS) is 1. The number of hydrogen-bond donors (Lipinski definition) is 2. The van der Waals surface area contributed by atoms with Crippen LogP contribution in [0.2, 0.25) is 0 Å².